The molecule has 0 bridgehead atoms. The van der Waals surface area contributed by atoms with Gasteiger partial charge in [0.05, 0.1) is 5.69 Å². The predicted octanol–water partition coefficient (Wildman–Crippen LogP) is 3.76. The van der Waals surface area contributed by atoms with Gasteiger partial charge in [-0.25, -0.2) is 9.97 Å². The van der Waals surface area contributed by atoms with Crippen LogP contribution in [0.1, 0.15) is 25.7 Å². The Bertz CT molecular complexity index is 548. The number of nitrogens with two attached hydrogens (primary N) is 1. The maximum atomic E-state index is 5.61. The van der Waals surface area contributed by atoms with Gasteiger partial charge in [0.2, 0.25) is 5.95 Å². The molecule has 98 valence electrons. The number of benzene rings is 1. The van der Waals surface area contributed by atoms with E-state index in [1.165, 1.54) is 30.6 Å². The van der Waals surface area contributed by atoms with E-state index in [9.17, 15) is 0 Å². The summed E-state index contributed by atoms with van der Waals surface area (Å²) in [6, 6.07) is 10.5. The zero-order valence-corrected chi connectivity index (χ0v) is 11.6. The lowest BCUT2D eigenvalue weighted by Crippen LogP contribution is -1.95. The van der Waals surface area contributed by atoms with E-state index in [-0.39, 0.29) is 0 Å². The van der Waals surface area contributed by atoms with Gasteiger partial charge in [-0.05, 0) is 31.0 Å². The fourth-order valence-corrected chi connectivity index (χ4v) is 3.68. The summed E-state index contributed by atoms with van der Waals surface area (Å²) in [5, 5.41) is 0.806. The van der Waals surface area contributed by atoms with E-state index < -0.39 is 0 Å². The molecular weight excluding hydrogens is 254 g/mol. The lowest BCUT2D eigenvalue weighted by atomic mass is 10.1. The fraction of sp³-hybridized carbons (Fsp3) is 0.333. The molecule has 0 saturated heterocycles. The average molecular weight is 271 g/mol. The first kappa shape index (κ1) is 12.5. The first-order chi connectivity index (χ1) is 9.31. The van der Waals surface area contributed by atoms with Gasteiger partial charge in [0.1, 0.15) is 0 Å². The van der Waals surface area contributed by atoms with Crippen molar-refractivity contribution in [2.24, 2.45) is 0 Å². The van der Waals surface area contributed by atoms with E-state index in [0.29, 0.717) is 5.95 Å². The molecule has 1 saturated carbocycles. The summed E-state index contributed by atoms with van der Waals surface area (Å²) in [6.45, 7) is 0. The van der Waals surface area contributed by atoms with Crippen LogP contribution in [0.4, 0.5) is 5.95 Å². The molecule has 0 atom stereocenters. The number of rotatable bonds is 3. The Balaban J connectivity index is 1.74. The highest BCUT2D eigenvalue weighted by Crippen LogP contribution is 2.35. The summed E-state index contributed by atoms with van der Waals surface area (Å²) in [5.41, 5.74) is 7.58. The van der Waals surface area contributed by atoms with Crippen molar-refractivity contribution in [1.82, 2.24) is 9.97 Å². The molecule has 1 aromatic heterocycles. The molecule has 2 aromatic rings. The van der Waals surface area contributed by atoms with Gasteiger partial charge in [-0.15, -0.1) is 11.8 Å². The Morgan fingerprint density at radius 3 is 2.47 bits per heavy atom. The maximum Gasteiger partial charge on any atom is 0.220 e. The molecule has 1 aromatic carbocycles. The van der Waals surface area contributed by atoms with E-state index in [1.54, 1.807) is 6.20 Å². The largest absolute Gasteiger partial charge is 0.368 e. The van der Waals surface area contributed by atoms with Gasteiger partial charge in [-0.3, -0.25) is 0 Å². The molecule has 3 rings (SSSR count). The number of hydrogen-bond acceptors (Lipinski definition) is 4. The van der Waals surface area contributed by atoms with Crippen LogP contribution in [0.15, 0.2) is 41.4 Å². The van der Waals surface area contributed by atoms with E-state index in [2.05, 4.69) is 34.2 Å². The minimum atomic E-state index is 0.321. The Hall–Kier alpha value is -1.55. The summed E-state index contributed by atoms with van der Waals surface area (Å²) in [4.78, 5) is 9.50. The van der Waals surface area contributed by atoms with Crippen molar-refractivity contribution in [2.45, 2.75) is 35.8 Å². The second kappa shape index (κ2) is 5.61. The number of thioether (sulfide) groups is 1. The topological polar surface area (TPSA) is 51.8 Å². The van der Waals surface area contributed by atoms with E-state index in [1.807, 2.05) is 17.8 Å². The Labute approximate surface area is 117 Å². The minimum Gasteiger partial charge on any atom is -0.368 e. The molecule has 0 unspecified atom stereocenters. The first-order valence-electron chi connectivity index (χ1n) is 6.67. The molecule has 0 amide bonds. The molecule has 2 N–H and O–H groups in total. The molecule has 0 spiro atoms. The number of hydrogen-bond donors (Lipinski definition) is 1. The zero-order valence-electron chi connectivity index (χ0n) is 10.7. The molecule has 19 heavy (non-hydrogen) atoms. The monoisotopic (exact) mass is 271 g/mol. The van der Waals surface area contributed by atoms with Crippen molar-refractivity contribution < 1.29 is 0 Å². The van der Waals surface area contributed by atoms with Gasteiger partial charge in [0, 0.05) is 21.9 Å². The lowest BCUT2D eigenvalue weighted by Gasteiger charge is -2.09. The van der Waals surface area contributed by atoms with Gasteiger partial charge in [-0.1, -0.05) is 25.0 Å². The van der Waals surface area contributed by atoms with Gasteiger partial charge in [0.25, 0.3) is 0 Å². The van der Waals surface area contributed by atoms with Crippen LogP contribution in [0.5, 0.6) is 0 Å². The van der Waals surface area contributed by atoms with Crippen LogP contribution in [0, 0.1) is 0 Å². The quantitative estimate of drug-likeness (QED) is 0.923. The van der Waals surface area contributed by atoms with Crippen LogP contribution < -0.4 is 5.73 Å². The first-order valence-corrected chi connectivity index (χ1v) is 7.55. The van der Waals surface area contributed by atoms with Crippen LogP contribution in [-0.2, 0) is 0 Å². The number of aromatic nitrogens is 2. The van der Waals surface area contributed by atoms with Crippen molar-refractivity contribution in [3.63, 3.8) is 0 Å². The van der Waals surface area contributed by atoms with Crippen molar-refractivity contribution in [3.05, 3.63) is 36.5 Å². The van der Waals surface area contributed by atoms with E-state index in [4.69, 9.17) is 5.73 Å². The Morgan fingerprint density at radius 2 is 1.79 bits per heavy atom. The van der Waals surface area contributed by atoms with E-state index >= 15 is 0 Å². The van der Waals surface area contributed by atoms with Crippen LogP contribution in [-0.4, -0.2) is 15.2 Å². The number of nitrogen functional groups attached to an aromatic ring is 1. The van der Waals surface area contributed by atoms with Gasteiger partial charge in [-0.2, -0.15) is 0 Å². The zero-order chi connectivity index (χ0) is 13.1. The third-order valence-corrected chi connectivity index (χ3v) is 4.78. The normalized spacial score (nSPS) is 15.8. The van der Waals surface area contributed by atoms with Crippen LogP contribution in [0.3, 0.4) is 0 Å². The van der Waals surface area contributed by atoms with Gasteiger partial charge >= 0.3 is 0 Å². The van der Waals surface area contributed by atoms with Crippen molar-refractivity contribution in [1.29, 1.82) is 0 Å². The lowest BCUT2D eigenvalue weighted by molar-refractivity contribution is 0.886. The van der Waals surface area contributed by atoms with Crippen LogP contribution in [0.25, 0.3) is 11.3 Å². The third-order valence-electron chi connectivity index (χ3n) is 3.43. The predicted molar refractivity (Wildman–Crippen MR) is 80.0 cm³/mol. The maximum absolute atomic E-state index is 5.61. The highest BCUT2D eigenvalue weighted by Gasteiger charge is 2.15. The van der Waals surface area contributed by atoms with Gasteiger partial charge in [0.15, 0.2) is 0 Å². The SMILES string of the molecule is Nc1nccc(-c2ccc(SC3CCCC3)cc2)n1. The minimum absolute atomic E-state index is 0.321. The average Bonchev–Trinajstić information content (AvgIpc) is 2.92. The summed E-state index contributed by atoms with van der Waals surface area (Å²) in [6.07, 6.45) is 7.18. The summed E-state index contributed by atoms with van der Waals surface area (Å²) < 4.78 is 0. The van der Waals surface area contributed by atoms with Crippen LogP contribution >= 0.6 is 11.8 Å². The number of nitrogens with zero attached hydrogens (tertiary/aromatic N) is 2. The highest BCUT2D eigenvalue weighted by molar-refractivity contribution is 8.00. The molecule has 1 fully saturated rings. The Kier molecular flexibility index (Phi) is 3.69. The fourth-order valence-electron chi connectivity index (χ4n) is 2.44. The third kappa shape index (κ3) is 3.07. The summed E-state index contributed by atoms with van der Waals surface area (Å²) in [5.74, 6) is 0.321. The molecule has 1 aliphatic carbocycles. The number of anilines is 1. The molecular formula is C15H17N3S. The summed E-state index contributed by atoms with van der Waals surface area (Å²) in [7, 11) is 0. The van der Waals surface area contributed by atoms with E-state index in [0.717, 1.165) is 16.5 Å². The van der Waals surface area contributed by atoms with Crippen molar-refractivity contribution >= 4 is 17.7 Å². The van der Waals surface area contributed by atoms with Crippen molar-refractivity contribution in [3.8, 4) is 11.3 Å². The second-order valence-corrected chi connectivity index (χ2v) is 6.22. The standard InChI is InChI=1S/C15H17N3S/c16-15-17-10-9-14(18-15)11-5-7-13(8-6-11)19-12-3-1-2-4-12/h5-10,12H,1-4H2,(H2,16,17,18). The second-order valence-electron chi connectivity index (χ2n) is 4.85. The van der Waals surface area contributed by atoms with Crippen molar-refractivity contribution in [2.75, 3.05) is 5.73 Å². The molecule has 0 aliphatic heterocycles. The van der Waals surface area contributed by atoms with Crippen LogP contribution in [0.2, 0.25) is 0 Å². The summed E-state index contributed by atoms with van der Waals surface area (Å²) >= 11 is 2.00. The Morgan fingerprint density at radius 1 is 1.05 bits per heavy atom. The molecule has 4 heteroatoms. The molecule has 1 aliphatic rings. The molecule has 0 radical (unpaired) electrons. The highest BCUT2D eigenvalue weighted by atomic mass is 32.2. The van der Waals surface area contributed by atoms with Gasteiger partial charge < -0.3 is 5.73 Å². The smallest absolute Gasteiger partial charge is 0.220 e. The molecule has 3 nitrogen and oxygen atoms in total. The molecule has 1 heterocycles.